The van der Waals surface area contributed by atoms with Gasteiger partial charge >= 0.3 is 0 Å². The maximum atomic E-state index is 12.1. The first kappa shape index (κ1) is 15.8. The maximum Gasteiger partial charge on any atom is 0.232 e. The molecule has 0 atom stereocenters. The van der Waals surface area contributed by atoms with Crippen LogP contribution in [0.3, 0.4) is 0 Å². The molecule has 106 valence electrons. The number of hydrogen-bond donors (Lipinski definition) is 1. The molecule has 1 fully saturated rings. The van der Waals surface area contributed by atoms with Crippen LogP contribution in [0.15, 0.2) is 0 Å². The molecule has 1 aliphatic rings. The Morgan fingerprint density at radius 1 is 1.33 bits per heavy atom. The molecule has 1 amide bonds. The Labute approximate surface area is 115 Å². The molecule has 3 nitrogen and oxygen atoms in total. The molecule has 18 heavy (non-hydrogen) atoms. The van der Waals surface area contributed by atoms with Crippen molar-refractivity contribution in [3.63, 3.8) is 0 Å². The lowest BCUT2D eigenvalue weighted by atomic mass is 9.77. The molecule has 0 unspecified atom stereocenters. The highest BCUT2D eigenvalue weighted by atomic mass is 32.2. The summed E-state index contributed by atoms with van der Waals surface area (Å²) in [4.78, 5) is 14.0. The Balaban J connectivity index is 2.41. The molecule has 4 heteroatoms. The molecule has 1 aliphatic heterocycles. The van der Waals surface area contributed by atoms with E-state index in [-0.39, 0.29) is 22.7 Å². The van der Waals surface area contributed by atoms with Gasteiger partial charge in [0.15, 0.2) is 0 Å². The summed E-state index contributed by atoms with van der Waals surface area (Å²) in [6.07, 6.45) is 2.88. The summed E-state index contributed by atoms with van der Waals surface area (Å²) < 4.78 is 0.143. The van der Waals surface area contributed by atoms with Gasteiger partial charge in [0.25, 0.3) is 0 Å². The van der Waals surface area contributed by atoms with Crippen molar-refractivity contribution in [3.8, 4) is 0 Å². The summed E-state index contributed by atoms with van der Waals surface area (Å²) in [7, 11) is 0. The molecule has 0 aromatic rings. The third-order valence-electron chi connectivity index (χ3n) is 3.89. The lowest BCUT2D eigenvalue weighted by molar-refractivity contribution is -0.131. The highest BCUT2D eigenvalue weighted by Gasteiger charge is 2.33. The highest BCUT2D eigenvalue weighted by Crippen LogP contribution is 2.34. The monoisotopic (exact) mass is 273 g/mol. The van der Waals surface area contributed by atoms with Crippen LogP contribution in [0, 0.1) is 5.41 Å². The van der Waals surface area contributed by atoms with E-state index in [2.05, 4.69) is 27.7 Å². The Bertz CT molecular complexity index is 272. The quantitative estimate of drug-likeness (QED) is 0.855. The van der Waals surface area contributed by atoms with Gasteiger partial charge in [0, 0.05) is 24.4 Å². The zero-order chi connectivity index (χ0) is 13.8. The Morgan fingerprint density at radius 2 is 1.89 bits per heavy atom. The highest BCUT2D eigenvalue weighted by molar-refractivity contribution is 8.01. The molecule has 0 aromatic heterocycles. The molecule has 0 saturated carbocycles. The fourth-order valence-electron chi connectivity index (χ4n) is 2.22. The van der Waals surface area contributed by atoms with Gasteiger partial charge < -0.3 is 10.0 Å². The van der Waals surface area contributed by atoms with Gasteiger partial charge in [-0.1, -0.05) is 27.7 Å². The van der Waals surface area contributed by atoms with Gasteiger partial charge in [0.05, 0.1) is 5.75 Å². The van der Waals surface area contributed by atoms with Crippen molar-refractivity contribution in [1.29, 1.82) is 0 Å². The van der Waals surface area contributed by atoms with Crippen LogP contribution in [0.5, 0.6) is 0 Å². The molecule has 0 aromatic carbocycles. The maximum absolute atomic E-state index is 12.1. The third kappa shape index (κ3) is 4.47. The van der Waals surface area contributed by atoms with Crippen LogP contribution in [0.1, 0.15) is 47.0 Å². The fourth-order valence-corrected chi connectivity index (χ4v) is 2.96. The Kier molecular flexibility index (Phi) is 5.53. The molecular formula is C14H27NO2S. The number of aliphatic hydroxyl groups excluding tert-OH is 1. The number of carbonyl (C=O) groups is 1. The van der Waals surface area contributed by atoms with Crippen LogP contribution in [0.4, 0.5) is 0 Å². The number of likely N-dealkylation sites (tertiary alicyclic amines) is 1. The van der Waals surface area contributed by atoms with Gasteiger partial charge in [-0.15, -0.1) is 11.8 Å². The number of nitrogens with zero attached hydrogens (tertiary/aromatic N) is 1. The second-order valence-electron chi connectivity index (χ2n) is 6.29. The molecule has 0 aliphatic carbocycles. The Morgan fingerprint density at radius 3 is 2.28 bits per heavy atom. The van der Waals surface area contributed by atoms with Crippen molar-refractivity contribution in [2.24, 2.45) is 5.41 Å². The summed E-state index contributed by atoms with van der Waals surface area (Å²) in [5, 5.41) is 9.47. The van der Waals surface area contributed by atoms with Crippen molar-refractivity contribution in [2.45, 2.75) is 51.7 Å². The number of rotatable bonds is 4. The predicted octanol–water partition coefficient (Wildman–Crippen LogP) is 2.53. The minimum Gasteiger partial charge on any atom is -0.396 e. The first-order valence-corrected chi connectivity index (χ1v) is 7.83. The number of hydrogen-bond acceptors (Lipinski definition) is 3. The number of aliphatic hydroxyl groups is 1. The number of thioether (sulfide) groups is 1. The van der Waals surface area contributed by atoms with Crippen LogP contribution in [-0.2, 0) is 4.79 Å². The minimum atomic E-state index is 0.0634. The average molecular weight is 273 g/mol. The predicted molar refractivity (Wildman–Crippen MR) is 77.8 cm³/mol. The molecule has 1 saturated heterocycles. The van der Waals surface area contributed by atoms with Gasteiger partial charge in [-0.25, -0.2) is 0 Å². The van der Waals surface area contributed by atoms with Crippen molar-refractivity contribution in [2.75, 3.05) is 25.4 Å². The van der Waals surface area contributed by atoms with Crippen molar-refractivity contribution in [1.82, 2.24) is 4.90 Å². The second kappa shape index (κ2) is 6.29. The van der Waals surface area contributed by atoms with E-state index < -0.39 is 0 Å². The van der Waals surface area contributed by atoms with E-state index in [1.165, 1.54) is 0 Å². The van der Waals surface area contributed by atoms with E-state index in [0.29, 0.717) is 5.75 Å². The van der Waals surface area contributed by atoms with E-state index in [4.69, 9.17) is 0 Å². The van der Waals surface area contributed by atoms with Crippen LogP contribution in [-0.4, -0.2) is 46.1 Å². The van der Waals surface area contributed by atoms with E-state index in [0.717, 1.165) is 32.4 Å². The third-order valence-corrected chi connectivity index (χ3v) is 5.15. The van der Waals surface area contributed by atoms with E-state index in [1.807, 2.05) is 4.90 Å². The zero-order valence-electron chi connectivity index (χ0n) is 12.2. The normalized spacial score (nSPS) is 19.9. The van der Waals surface area contributed by atoms with Crippen LogP contribution >= 0.6 is 11.8 Å². The van der Waals surface area contributed by atoms with E-state index >= 15 is 0 Å². The lowest BCUT2D eigenvalue weighted by Gasteiger charge is -2.40. The summed E-state index contributed by atoms with van der Waals surface area (Å²) in [6.45, 7) is 10.4. The molecular weight excluding hydrogens is 246 g/mol. The van der Waals surface area contributed by atoms with E-state index in [1.54, 1.807) is 11.8 Å². The van der Waals surface area contributed by atoms with Gasteiger partial charge in [-0.05, 0) is 24.7 Å². The Hall–Kier alpha value is -0.220. The average Bonchev–Trinajstić information content (AvgIpc) is 2.35. The minimum absolute atomic E-state index is 0.0634. The van der Waals surface area contributed by atoms with Gasteiger partial charge in [0.2, 0.25) is 5.91 Å². The van der Waals surface area contributed by atoms with Crippen LogP contribution in [0.25, 0.3) is 0 Å². The van der Waals surface area contributed by atoms with Crippen molar-refractivity contribution >= 4 is 17.7 Å². The fraction of sp³-hybridized carbons (Fsp3) is 0.929. The van der Waals surface area contributed by atoms with Crippen molar-refractivity contribution < 1.29 is 9.90 Å². The molecule has 0 radical (unpaired) electrons. The van der Waals surface area contributed by atoms with E-state index in [9.17, 15) is 9.90 Å². The molecule has 0 spiro atoms. The zero-order valence-corrected chi connectivity index (χ0v) is 13.0. The molecule has 1 N–H and O–H groups in total. The first-order chi connectivity index (χ1) is 8.32. The largest absolute Gasteiger partial charge is 0.396 e. The summed E-state index contributed by atoms with van der Waals surface area (Å²) in [6, 6.07) is 0. The topological polar surface area (TPSA) is 40.5 Å². The summed E-state index contributed by atoms with van der Waals surface area (Å²) in [5.74, 6) is 0.819. The SMILES string of the molecule is CCC1(CO)CCN(C(=O)CSC(C)(C)C)CC1. The standard InChI is InChI=1S/C14H27NO2S/c1-5-14(11-16)6-8-15(9-7-14)12(17)10-18-13(2,3)4/h16H,5-11H2,1-4H3. The molecule has 1 rings (SSSR count). The van der Waals surface area contributed by atoms with Gasteiger partial charge in [0.1, 0.15) is 0 Å². The first-order valence-electron chi connectivity index (χ1n) is 6.84. The molecule has 0 bridgehead atoms. The number of carbonyl (C=O) groups excluding carboxylic acids is 1. The molecule has 1 heterocycles. The number of piperidine rings is 1. The summed E-state index contributed by atoms with van der Waals surface area (Å²) in [5.41, 5.74) is 0.0634. The summed E-state index contributed by atoms with van der Waals surface area (Å²) >= 11 is 1.71. The lowest BCUT2D eigenvalue weighted by Crippen LogP contribution is -2.45. The smallest absolute Gasteiger partial charge is 0.232 e. The van der Waals surface area contributed by atoms with Crippen molar-refractivity contribution in [3.05, 3.63) is 0 Å². The van der Waals surface area contributed by atoms with Gasteiger partial charge in [-0.3, -0.25) is 4.79 Å². The van der Waals surface area contributed by atoms with Crippen LogP contribution in [0.2, 0.25) is 0 Å². The van der Waals surface area contributed by atoms with Crippen LogP contribution < -0.4 is 0 Å². The number of amides is 1. The second-order valence-corrected chi connectivity index (χ2v) is 8.10. The van der Waals surface area contributed by atoms with Gasteiger partial charge in [-0.2, -0.15) is 0 Å².